The molecule has 0 spiro atoms. The van der Waals surface area contributed by atoms with Gasteiger partial charge in [0.15, 0.2) is 0 Å². The third kappa shape index (κ3) is 2.35. The third-order valence-corrected chi connectivity index (χ3v) is 3.48. The normalized spacial score (nSPS) is 15.0. The predicted molar refractivity (Wildman–Crippen MR) is 76.0 cm³/mol. The van der Waals surface area contributed by atoms with Crippen LogP contribution in [-0.4, -0.2) is 18.1 Å². The van der Waals surface area contributed by atoms with Gasteiger partial charge in [-0.3, -0.25) is 0 Å². The van der Waals surface area contributed by atoms with E-state index in [1.807, 2.05) is 12.3 Å². The highest BCUT2D eigenvalue weighted by Gasteiger charge is 2.14. The molecule has 0 amide bonds. The van der Waals surface area contributed by atoms with Gasteiger partial charge in [-0.2, -0.15) is 0 Å². The Morgan fingerprint density at radius 3 is 2.67 bits per heavy atom. The van der Waals surface area contributed by atoms with Crippen molar-refractivity contribution in [1.82, 2.24) is 4.98 Å². The molecule has 0 aliphatic carbocycles. The number of benzene rings is 1. The fourth-order valence-corrected chi connectivity index (χ4v) is 2.52. The summed E-state index contributed by atoms with van der Waals surface area (Å²) in [5.74, 6) is 0. The van der Waals surface area contributed by atoms with Gasteiger partial charge in [0.1, 0.15) is 0 Å². The Morgan fingerprint density at radius 2 is 1.89 bits per heavy atom. The number of rotatable bonds is 4. The summed E-state index contributed by atoms with van der Waals surface area (Å²) in [5, 5.41) is 3.52. The van der Waals surface area contributed by atoms with Crippen LogP contribution in [-0.2, 0) is 6.54 Å². The number of H-pyrrole nitrogens is 1. The highest BCUT2D eigenvalue weighted by molar-refractivity contribution is 5.70. The highest BCUT2D eigenvalue weighted by atomic mass is 15.2. The Labute approximate surface area is 108 Å². The summed E-state index contributed by atoms with van der Waals surface area (Å²) in [4.78, 5) is 5.69. The number of nitrogens with zero attached hydrogens (tertiary/aromatic N) is 1. The first-order valence-electron chi connectivity index (χ1n) is 6.63. The molecule has 1 aromatic carbocycles. The van der Waals surface area contributed by atoms with Gasteiger partial charge in [-0.15, -0.1) is 0 Å². The van der Waals surface area contributed by atoms with Crippen molar-refractivity contribution in [3.63, 3.8) is 0 Å². The quantitative estimate of drug-likeness (QED) is 0.861. The van der Waals surface area contributed by atoms with Crippen LogP contribution in [0.1, 0.15) is 18.5 Å². The second-order valence-corrected chi connectivity index (χ2v) is 4.76. The standard InChI is InChI=1S/C15H19N3/c1-2-8-15(18-10-3-4-11-18)14(7-1)17-12-13-6-5-9-16-13/h1-2,5-9,16-17H,3-4,10-12H2. The first kappa shape index (κ1) is 11.2. The predicted octanol–water partition coefficient (Wildman–Crippen LogP) is 3.23. The summed E-state index contributed by atoms with van der Waals surface area (Å²) in [6.07, 6.45) is 4.58. The lowest BCUT2D eigenvalue weighted by atomic mass is 10.2. The maximum Gasteiger partial charge on any atom is 0.0602 e. The molecule has 1 aliphatic heterocycles. The average Bonchev–Trinajstić information content (AvgIpc) is 3.10. The van der Waals surface area contributed by atoms with Crippen molar-refractivity contribution in [2.24, 2.45) is 0 Å². The number of hydrogen-bond acceptors (Lipinski definition) is 2. The molecule has 0 atom stereocenters. The van der Waals surface area contributed by atoms with Crippen molar-refractivity contribution in [3.8, 4) is 0 Å². The van der Waals surface area contributed by atoms with Gasteiger partial charge in [-0.25, -0.2) is 0 Å². The minimum atomic E-state index is 0.845. The van der Waals surface area contributed by atoms with Crippen LogP contribution in [0.4, 0.5) is 11.4 Å². The molecule has 2 heterocycles. The monoisotopic (exact) mass is 241 g/mol. The topological polar surface area (TPSA) is 31.1 Å². The minimum Gasteiger partial charge on any atom is -0.378 e. The van der Waals surface area contributed by atoms with E-state index in [1.165, 1.54) is 43.0 Å². The molecular formula is C15H19N3. The summed E-state index contributed by atoms with van der Waals surface area (Å²) >= 11 is 0. The SMILES string of the molecule is c1c[nH]c(CNc2ccccc2N2CCCC2)c1. The molecule has 94 valence electrons. The van der Waals surface area contributed by atoms with E-state index in [1.54, 1.807) is 0 Å². The van der Waals surface area contributed by atoms with Crippen molar-refractivity contribution >= 4 is 11.4 Å². The first-order chi connectivity index (χ1) is 8.93. The number of aromatic amines is 1. The summed E-state index contributed by atoms with van der Waals surface area (Å²) < 4.78 is 0. The second-order valence-electron chi connectivity index (χ2n) is 4.76. The van der Waals surface area contributed by atoms with Crippen LogP contribution in [0, 0.1) is 0 Å². The zero-order chi connectivity index (χ0) is 12.2. The van der Waals surface area contributed by atoms with Gasteiger partial charge in [0, 0.05) is 25.0 Å². The van der Waals surface area contributed by atoms with Gasteiger partial charge in [0.05, 0.1) is 17.9 Å². The third-order valence-electron chi connectivity index (χ3n) is 3.48. The van der Waals surface area contributed by atoms with E-state index < -0.39 is 0 Å². The van der Waals surface area contributed by atoms with E-state index in [4.69, 9.17) is 0 Å². The number of nitrogens with one attached hydrogen (secondary N) is 2. The number of anilines is 2. The zero-order valence-corrected chi connectivity index (χ0v) is 10.5. The summed E-state index contributed by atoms with van der Waals surface area (Å²) in [7, 11) is 0. The molecule has 1 aliphatic rings. The van der Waals surface area contributed by atoms with E-state index in [-0.39, 0.29) is 0 Å². The van der Waals surface area contributed by atoms with Gasteiger partial charge in [0.25, 0.3) is 0 Å². The second kappa shape index (κ2) is 5.17. The molecule has 18 heavy (non-hydrogen) atoms. The summed E-state index contributed by atoms with van der Waals surface area (Å²) in [6, 6.07) is 12.7. The Bertz CT molecular complexity index is 484. The molecule has 1 saturated heterocycles. The van der Waals surface area contributed by atoms with Crippen molar-refractivity contribution in [2.45, 2.75) is 19.4 Å². The van der Waals surface area contributed by atoms with Crippen LogP contribution in [0.3, 0.4) is 0 Å². The zero-order valence-electron chi connectivity index (χ0n) is 10.5. The van der Waals surface area contributed by atoms with E-state index in [9.17, 15) is 0 Å². The van der Waals surface area contributed by atoms with Crippen molar-refractivity contribution in [1.29, 1.82) is 0 Å². The average molecular weight is 241 g/mol. The lowest BCUT2D eigenvalue weighted by Gasteiger charge is -2.21. The van der Waals surface area contributed by atoms with Crippen LogP contribution >= 0.6 is 0 Å². The largest absolute Gasteiger partial charge is 0.378 e. The molecule has 0 bridgehead atoms. The Hall–Kier alpha value is -1.90. The van der Waals surface area contributed by atoms with Crippen LogP contribution < -0.4 is 10.2 Å². The molecule has 3 heteroatoms. The van der Waals surface area contributed by atoms with Gasteiger partial charge in [-0.05, 0) is 37.1 Å². The van der Waals surface area contributed by atoms with Crippen LogP contribution in [0.5, 0.6) is 0 Å². The fourth-order valence-electron chi connectivity index (χ4n) is 2.52. The van der Waals surface area contributed by atoms with Gasteiger partial charge >= 0.3 is 0 Å². The Morgan fingerprint density at radius 1 is 1.06 bits per heavy atom. The van der Waals surface area contributed by atoms with Crippen molar-refractivity contribution in [3.05, 3.63) is 48.3 Å². The fraction of sp³-hybridized carbons (Fsp3) is 0.333. The maximum atomic E-state index is 3.52. The van der Waals surface area contributed by atoms with Gasteiger partial charge in [-0.1, -0.05) is 12.1 Å². The van der Waals surface area contributed by atoms with Crippen molar-refractivity contribution in [2.75, 3.05) is 23.3 Å². The molecule has 2 aromatic rings. The summed E-state index contributed by atoms with van der Waals surface area (Å²) in [5.41, 5.74) is 3.78. The molecule has 3 rings (SSSR count). The molecule has 3 nitrogen and oxygen atoms in total. The van der Waals surface area contributed by atoms with Crippen LogP contribution in [0.2, 0.25) is 0 Å². The van der Waals surface area contributed by atoms with E-state index in [0.717, 1.165) is 6.54 Å². The molecule has 1 fully saturated rings. The van der Waals surface area contributed by atoms with Gasteiger partial charge < -0.3 is 15.2 Å². The highest BCUT2D eigenvalue weighted by Crippen LogP contribution is 2.28. The maximum absolute atomic E-state index is 3.52. The molecule has 0 saturated carbocycles. The first-order valence-corrected chi connectivity index (χ1v) is 6.63. The number of aromatic nitrogens is 1. The van der Waals surface area contributed by atoms with Crippen molar-refractivity contribution < 1.29 is 0 Å². The molecule has 0 unspecified atom stereocenters. The smallest absolute Gasteiger partial charge is 0.0602 e. The van der Waals surface area contributed by atoms with E-state index >= 15 is 0 Å². The molecule has 1 aromatic heterocycles. The lowest BCUT2D eigenvalue weighted by Crippen LogP contribution is -2.19. The number of para-hydroxylation sites is 2. The Kier molecular flexibility index (Phi) is 3.22. The summed E-state index contributed by atoms with van der Waals surface area (Å²) in [6.45, 7) is 3.21. The van der Waals surface area contributed by atoms with E-state index in [2.05, 4.69) is 45.5 Å². The van der Waals surface area contributed by atoms with Crippen LogP contribution in [0.25, 0.3) is 0 Å². The van der Waals surface area contributed by atoms with Crippen LogP contribution in [0.15, 0.2) is 42.6 Å². The molecular weight excluding hydrogens is 222 g/mol. The molecule has 2 N–H and O–H groups in total. The lowest BCUT2D eigenvalue weighted by molar-refractivity contribution is 0.949. The van der Waals surface area contributed by atoms with E-state index in [0.29, 0.717) is 0 Å². The molecule has 0 radical (unpaired) electrons. The number of hydrogen-bond donors (Lipinski definition) is 2. The Balaban J connectivity index is 1.74. The van der Waals surface area contributed by atoms with Gasteiger partial charge in [0.2, 0.25) is 0 Å². The minimum absolute atomic E-state index is 0.845.